The van der Waals surface area contributed by atoms with Gasteiger partial charge in [-0.05, 0) is 24.6 Å². The number of methoxy groups -OCH3 is 1. The average Bonchev–Trinajstić information content (AvgIpc) is 2.60. The van der Waals surface area contributed by atoms with E-state index >= 15 is 0 Å². The van der Waals surface area contributed by atoms with Gasteiger partial charge in [0.25, 0.3) is 5.91 Å². The molecule has 0 saturated carbocycles. The number of ether oxygens (including phenoxy) is 2. The van der Waals surface area contributed by atoms with Crippen LogP contribution in [0.5, 0.6) is 11.5 Å². The van der Waals surface area contributed by atoms with Crippen molar-refractivity contribution in [1.29, 1.82) is 0 Å². The number of amides is 1. The van der Waals surface area contributed by atoms with Crippen molar-refractivity contribution in [1.82, 2.24) is 0 Å². The molecule has 0 spiro atoms. The van der Waals surface area contributed by atoms with E-state index in [2.05, 4.69) is 0 Å². The normalized spacial score (nSPS) is 14.7. The van der Waals surface area contributed by atoms with Crippen LogP contribution < -0.4 is 14.4 Å². The molecule has 2 aromatic rings. The van der Waals surface area contributed by atoms with E-state index in [1.54, 1.807) is 17.0 Å². The van der Waals surface area contributed by atoms with E-state index < -0.39 is 0 Å². The Morgan fingerprint density at radius 3 is 2.65 bits per heavy atom. The first-order valence-corrected chi connectivity index (χ1v) is 7.32. The van der Waals surface area contributed by atoms with Gasteiger partial charge in [0.1, 0.15) is 6.29 Å². The van der Waals surface area contributed by atoms with Gasteiger partial charge in [-0.2, -0.15) is 0 Å². The number of benzene rings is 2. The van der Waals surface area contributed by atoms with Crippen molar-refractivity contribution >= 4 is 17.9 Å². The van der Waals surface area contributed by atoms with Crippen molar-refractivity contribution < 1.29 is 19.1 Å². The Hall–Kier alpha value is -2.82. The summed E-state index contributed by atoms with van der Waals surface area (Å²) in [4.78, 5) is 25.3. The third-order valence-corrected chi connectivity index (χ3v) is 3.95. The molecule has 1 atom stereocenters. The second kappa shape index (κ2) is 6.12. The zero-order valence-corrected chi connectivity index (χ0v) is 13.0. The van der Waals surface area contributed by atoms with E-state index in [-0.39, 0.29) is 18.6 Å². The molecule has 5 heteroatoms. The summed E-state index contributed by atoms with van der Waals surface area (Å²) in [7, 11) is 1.51. The monoisotopic (exact) mass is 311 g/mol. The molecule has 1 aliphatic heterocycles. The lowest BCUT2D eigenvalue weighted by Gasteiger charge is -2.35. The van der Waals surface area contributed by atoms with Gasteiger partial charge in [0.05, 0.1) is 18.8 Å². The summed E-state index contributed by atoms with van der Waals surface area (Å²) < 4.78 is 10.8. The number of nitrogens with zero attached hydrogens (tertiary/aromatic N) is 1. The quantitative estimate of drug-likeness (QED) is 0.815. The molecule has 1 unspecified atom stereocenters. The van der Waals surface area contributed by atoms with E-state index in [0.717, 1.165) is 11.8 Å². The molecular formula is C18H17NO4. The van der Waals surface area contributed by atoms with Crippen LogP contribution in [0.2, 0.25) is 0 Å². The molecule has 1 amide bonds. The number of hydrogen-bond acceptors (Lipinski definition) is 4. The predicted octanol–water partition coefficient (Wildman–Crippen LogP) is 2.99. The fraction of sp³-hybridized carbons (Fsp3) is 0.222. The zero-order chi connectivity index (χ0) is 16.4. The Bertz CT molecular complexity index is 742. The third kappa shape index (κ3) is 2.65. The second-order valence-corrected chi connectivity index (χ2v) is 5.33. The maximum absolute atomic E-state index is 12.4. The van der Waals surface area contributed by atoms with E-state index in [1.807, 2.05) is 37.3 Å². The van der Waals surface area contributed by atoms with E-state index in [4.69, 9.17) is 9.47 Å². The Labute approximate surface area is 134 Å². The van der Waals surface area contributed by atoms with Crippen LogP contribution in [0.4, 0.5) is 5.69 Å². The molecule has 0 N–H and O–H groups in total. The minimum atomic E-state index is -0.182. The highest BCUT2D eigenvalue weighted by atomic mass is 16.5. The maximum Gasteiger partial charge on any atom is 0.265 e. The molecule has 118 valence electrons. The van der Waals surface area contributed by atoms with Crippen molar-refractivity contribution in [3.8, 4) is 11.5 Å². The molecular weight excluding hydrogens is 294 g/mol. The lowest BCUT2D eigenvalue weighted by atomic mass is 10.0. The Kier molecular flexibility index (Phi) is 4.02. The minimum absolute atomic E-state index is 0.0546. The lowest BCUT2D eigenvalue weighted by molar-refractivity contribution is -0.121. The van der Waals surface area contributed by atoms with E-state index in [1.165, 1.54) is 7.11 Å². The predicted molar refractivity (Wildman–Crippen MR) is 86.2 cm³/mol. The van der Waals surface area contributed by atoms with Crippen molar-refractivity contribution in [2.45, 2.75) is 13.0 Å². The molecule has 2 aromatic carbocycles. The summed E-state index contributed by atoms with van der Waals surface area (Å²) in [5.74, 6) is 0.779. The van der Waals surface area contributed by atoms with Gasteiger partial charge in [0.15, 0.2) is 18.1 Å². The van der Waals surface area contributed by atoms with Gasteiger partial charge in [0.2, 0.25) is 0 Å². The summed E-state index contributed by atoms with van der Waals surface area (Å²) in [5, 5.41) is 0. The number of carbonyl (C=O) groups is 2. The standard InChI is InChI=1S/C18H17NO4/c1-12(14-6-4-3-5-7-14)19-15-8-13(10-20)9-16(22-2)18(15)23-11-17(19)21/h3-10,12H,11H2,1-2H3. The SMILES string of the molecule is COc1cc(C=O)cc2c1OCC(=O)N2C(C)c1ccccc1. The molecule has 0 radical (unpaired) electrons. The number of anilines is 1. The first kappa shape index (κ1) is 15.1. The molecule has 0 saturated heterocycles. The fourth-order valence-electron chi connectivity index (χ4n) is 2.79. The second-order valence-electron chi connectivity index (χ2n) is 5.33. The van der Waals surface area contributed by atoms with Crippen LogP contribution in [-0.2, 0) is 4.79 Å². The summed E-state index contributed by atoms with van der Waals surface area (Å²) in [6, 6.07) is 12.8. The fourth-order valence-corrected chi connectivity index (χ4v) is 2.79. The Morgan fingerprint density at radius 1 is 1.26 bits per heavy atom. The number of aldehydes is 1. The minimum Gasteiger partial charge on any atom is -0.493 e. The van der Waals surface area contributed by atoms with Crippen LogP contribution in [0.25, 0.3) is 0 Å². The van der Waals surface area contributed by atoms with Gasteiger partial charge < -0.3 is 9.47 Å². The lowest BCUT2D eigenvalue weighted by Crippen LogP contribution is -2.40. The van der Waals surface area contributed by atoms with Crippen LogP contribution in [0.3, 0.4) is 0 Å². The zero-order valence-electron chi connectivity index (χ0n) is 13.0. The molecule has 1 aliphatic rings. The summed E-state index contributed by atoms with van der Waals surface area (Å²) in [6.07, 6.45) is 0.729. The molecule has 23 heavy (non-hydrogen) atoms. The highest BCUT2D eigenvalue weighted by molar-refractivity contribution is 6.00. The number of carbonyl (C=O) groups excluding carboxylic acids is 2. The van der Waals surface area contributed by atoms with E-state index in [9.17, 15) is 9.59 Å². The van der Waals surface area contributed by atoms with Gasteiger partial charge in [-0.25, -0.2) is 0 Å². The number of hydrogen-bond donors (Lipinski definition) is 0. The van der Waals surface area contributed by atoms with Crippen molar-refractivity contribution in [2.75, 3.05) is 18.6 Å². The molecule has 0 bridgehead atoms. The van der Waals surface area contributed by atoms with Gasteiger partial charge in [0, 0.05) is 5.56 Å². The first-order chi connectivity index (χ1) is 11.2. The van der Waals surface area contributed by atoms with Gasteiger partial charge in [-0.3, -0.25) is 14.5 Å². The molecule has 0 aliphatic carbocycles. The van der Waals surface area contributed by atoms with Crippen molar-refractivity contribution in [3.63, 3.8) is 0 Å². The van der Waals surface area contributed by atoms with Gasteiger partial charge in [-0.1, -0.05) is 30.3 Å². The first-order valence-electron chi connectivity index (χ1n) is 7.32. The Balaban J connectivity index is 2.12. The van der Waals surface area contributed by atoms with Crippen LogP contribution in [0.15, 0.2) is 42.5 Å². The average molecular weight is 311 g/mol. The maximum atomic E-state index is 12.4. The smallest absolute Gasteiger partial charge is 0.265 e. The third-order valence-electron chi connectivity index (χ3n) is 3.95. The van der Waals surface area contributed by atoms with Crippen LogP contribution in [0.1, 0.15) is 28.9 Å². The summed E-state index contributed by atoms with van der Waals surface area (Å²) in [6.45, 7) is 1.89. The van der Waals surface area contributed by atoms with Crippen LogP contribution >= 0.6 is 0 Å². The Morgan fingerprint density at radius 2 is 2.00 bits per heavy atom. The molecule has 1 heterocycles. The van der Waals surface area contributed by atoms with Gasteiger partial charge in [-0.15, -0.1) is 0 Å². The molecule has 5 nitrogen and oxygen atoms in total. The molecule has 0 fully saturated rings. The molecule has 3 rings (SSSR count). The largest absolute Gasteiger partial charge is 0.493 e. The van der Waals surface area contributed by atoms with Crippen LogP contribution in [-0.4, -0.2) is 25.9 Å². The molecule has 0 aromatic heterocycles. The number of fused-ring (bicyclic) bond motifs is 1. The summed E-state index contributed by atoms with van der Waals surface area (Å²) in [5.41, 5.74) is 1.99. The highest BCUT2D eigenvalue weighted by Gasteiger charge is 2.32. The van der Waals surface area contributed by atoms with Gasteiger partial charge >= 0.3 is 0 Å². The van der Waals surface area contributed by atoms with Crippen LogP contribution in [0, 0.1) is 0 Å². The van der Waals surface area contributed by atoms with Crippen molar-refractivity contribution in [2.24, 2.45) is 0 Å². The topological polar surface area (TPSA) is 55.8 Å². The highest BCUT2D eigenvalue weighted by Crippen LogP contribution is 2.44. The van der Waals surface area contributed by atoms with E-state index in [0.29, 0.717) is 22.7 Å². The summed E-state index contributed by atoms with van der Waals surface area (Å²) >= 11 is 0. The van der Waals surface area contributed by atoms with Crippen molar-refractivity contribution in [3.05, 3.63) is 53.6 Å². The number of rotatable bonds is 4.